The van der Waals surface area contributed by atoms with E-state index in [1.807, 2.05) is 17.5 Å². The van der Waals surface area contributed by atoms with E-state index in [9.17, 15) is 13.2 Å². The molecule has 1 saturated heterocycles. The highest BCUT2D eigenvalue weighted by molar-refractivity contribution is 7.99. The summed E-state index contributed by atoms with van der Waals surface area (Å²) in [5.41, 5.74) is 0. The zero-order chi connectivity index (χ0) is 17.0. The van der Waals surface area contributed by atoms with Gasteiger partial charge in [0, 0.05) is 11.4 Å². The maximum atomic E-state index is 11.8. The van der Waals surface area contributed by atoms with E-state index in [0.717, 1.165) is 18.2 Å². The Morgan fingerprint density at radius 3 is 3.04 bits per heavy atom. The summed E-state index contributed by atoms with van der Waals surface area (Å²) in [5.74, 6) is 0.431. The molecule has 1 atom stereocenters. The van der Waals surface area contributed by atoms with Crippen molar-refractivity contribution in [3.05, 3.63) is 28.3 Å². The Bertz CT molecular complexity index is 786. The molecule has 130 valence electrons. The van der Waals surface area contributed by atoms with E-state index in [0.29, 0.717) is 24.1 Å². The van der Waals surface area contributed by atoms with E-state index in [1.54, 1.807) is 11.3 Å². The Hall–Kier alpha value is -1.39. The molecule has 7 nitrogen and oxygen atoms in total. The predicted molar refractivity (Wildman–Crippen MR) is 92.1 cm³/mol. The van der Waals surface area contributed by atoms with Crippen LogP contribution in [0.1, 0.15) is 23.1 Å². The molecule has 2 aromatic heterocycles. The molecule has 0 spiro atoms. The van der Waals surface area contributed by atoms with Gasteiger partial charge < -0.3 is 9.73 Å². The van der Waals surface area contributed by atoms with Crippen molar-refractivity contribution >= 4 is 38.8 Å². The van der Waals surface area contributed by atoms with Crippen molar-refractivity contribution in [2.45, 2.75) is 24.0 Å². The maximum absolute atomic E-state index is 11.8. The Labute approximate surface area is 148 Å². The number of amides is 1. The minimum Gasteiger partial charge on any atom is -0.416 e. The summed E-state index contributed by atoms with van der Waals surface area (Å²) < 4.78 is 28.4. The third-order valence-electron chi connectivity index (χ3n) is 3.60. The van der Waals surface area contributed by atoms with Gasteiger partial charge in [-0.05, 0) is 24.3 Å². The molecule has 1 fully saturated rings. The number of nitrogens with one attached hydrogen (secondary N) is 1. The normalized spacial score (nSPS) is 19.4. The van der Waals surface area contributed by atoms with Gasteiger partial charge in [0.15, 0.2) is 9.84 Å². The molecule has 24 heavy (non-hydrogen) atoms. The minimum absolute atomic E-state index is 0.0580. The first kappa shape index (κ1) is 17.4. The van der Waals surface area contributed by atoms with E-state index in [2.05, 4.69) is 15.5 Å². The monoisotopic (exact) mass is 387 g/mol. The number of carbonyl (C=O) groups is 1. The highest BCUT2D eigenvalue weighted by Gasteiger charge is 2.32. The Morgan fingerprint density at radius 2 is 2.33 bits per heavy atom. The number of aromatic nitrogens is 2. The molecule has 3 rings (SSSR count). The molecule has 0 saturated carbocycles. The van der Waals surface area contributed by atoms with Gasteiger partial charge >= 0.3 is 0 Å². The number of sulfone groups is 1. The molecule has 0 bridgehead atoms. The molecule has 10 heteroatoms. The van der Waals surface area contributed by atoms with Crippen LogP contribution < -0.4 is 5.32 Å². The molecule has 1 N–H and O–H groups in total. The van der Waals surface area contributed by atoms with Crippen molar-refractivity contribution < 1.29 is 17.6 Å². The number of thiophene rings is 1. The number of hydrogen-bond donors (Lipinski definition) is 1. The number of hydrogen-bond acceptors (Lipinski definition) is 8. The van der Waals surface area contributed by atoms with Gasteiger partial charge in [0.05, 0.1) is 23.2 Å². The van der Waals surface area contributed by atoms with Gasteiger partial charge in [0.2, 0.25) is 11.8 Å². The standard InChI is InChI=1S/C14H17N3O4S3/c18-12(15-5-3-11-2-1-6-22-11)8-23-14-17-16-13(21-14)10-4-7-24(19,20)9-10/h1-2,6,10H,3-5,7-9H2,(H,15,18)/t10-/m0/s1. The van der Waals surface area contributed by atoms with Gasteiger partial charge in [-0.1, -0.05) is 17.8 Å². The van der Waals surface area contributed by atoms with Crippen molar-refractivity contribution in [1.29, 1.82) is 0 Å². The van der Waals surface area contributed by atoms with Gasteiger partial charge in [-0.2, -0.15) is 0 Å². The average Bonchev–Trinajstić information content (AvgIpc) is 3.25. The number of rotatable bonds is 7. The summed E-state index contributed by atoms with van der Waals surface area (Å²) in [5, 5.41) is 12.9. The molecule has 2 aromatic rings. The van der Waals surface area contributed by atoms with Gasteiger partial charge in [-0.25, -0.2) is 8.42 Å². The van der Waals surface area contributed by atoms with Crippen LogP contribution in [0.25, 0.3) is 0 Å². The van der Waals surface area contributed by atoms with Crippen LogP contribution in [-0.2, 0) is 21.1 Å². The summed E-state index contributed by atoms with van der Waals surface area (Å²) in [6, 6.07) is 4.02. The van der Waals surface area contributed by atoms with E-state index < -0.39 is 9.84 Å². The molecular formula is C14H17N3O4S3. The van der Waals surface area contributed by atoms with Crippen molar-refractivity contribution in [2.75, 3.05) is 23.8 Å². The van der Waals surface area contributed by atoms with Crippen LogP contribution in [0.4, 0.5) is 0 Å². The van der Waals surface area contributed by atoms with Crippen LogP contribution in [0.15, 0.2) is 27.2 Å². The summed E-state index contributed by atoms with van der Waals surface area (Å²) in [4.78, 5) is 13.0. The van der Waals surface area contributed by atoms with E-state index in [-0.39, 0.29) is 29.1 Å². The molecule has 0 unspecified atom stereocenters. The Kier molecular flexibility index (Phi) is 5.57. The quantitative estimate of drug-likeness (QED) is 0.718. The van der Waals surface area contributed by atoms with Gasteiger partial charge in [0.1, 0.15) is 0 Å². The molecule has 3 heterocycles. The first-order valence-corrected chi connectivity index (χ1v) is 11.2. The molecule has 1 aliphatic heterocycles. The third kappa shape index (κ3) is 4.81. The summed E-state index contributed by atoms with van der Waals surface area (Å²) in [6.45, 7) is 0.592. The second-order valence-electron chi connectivity index (χ2n) is 5.47. The zero-order valence-electron chi connectivity index (χ0n) is 12.8. The lowest BCUT2D eigenvalue weighted by Crippen LogP contribution is -2.27. The molecule has 0 aromatic carbocycles. The molecular weight excluding hydrogens is 370 g/mol. The first-order valence-electron chi connectivity index (χ1n) is 7.47. The van der Waals surface area contributed by atoms with Crippen LogP contribution in [0.3, 0.4) is 0 Å². The van der Waals surface area contributed by atoms with Crippen LogP contribution in [-0.4, -0.2) is 48.3 Å². The third-order valence-corrected chi connectivity index (χ3v) is 7.13. The minimum atomic E-state index is -2.99. The summed E-state index contributed by atoms with van der Waals surface area (Å²) >= 11 is 2.82. The molecule has 1 amide bonds. The SMILES string of the molecule is O=C(CSc1nnc([C@H]2CCS(=O)(=O)C2)o1)NCCc1cccs1. The second kappa shape index (κ2) is 7.66. The lowest BCUT2D eigenvalue weighted by Gasteiger charge is -2.02. The average molecular weight is 388 g/mol. The van der Waals surface area contributed by atoms with E-state index >= 15 is 0 Å². The second-order valence-corrected chi connectivity index (χ2v) is 9.66. The van der Waals surface area contributed by atoms with E-state index in [1.165, 1.54) is 4.88 Å². The Balaban J connectivity index is 1.41. The van der Waals surface area contributed by atoms with Gasteiger partial charge in [0.25, 0.3) is 5.22 Å². The lowest BCUT2D eigenvalue weighted by atomic mass is 10.1. The van der Waals surface area contributed by atoms with Crippen molar-refractivity contribution in [2.24, 2.45) is 0 Å². The molecule has 1 aliphatic rings. The van der Waals surface area contributed by atoms with Gasteiger partial charge in [-0.15, -0.1) is 21.5 Å². The number of nitrogens with zero attached hydrogens (tertiary/aromatic N) is 2. The number of thioether (sulfide) groups is 1. The highest BCUT2D eigenvalue weighted by atomic mass is 32.2. The highest BCUT2D eigenvalue weighted by Crippen LogP contribution is 2.29. The van der Waals surface area contributed by atoms with Gasteiger partial charge in [-0.3, -0.25) is 4.79 Å². The zero-order valence-corrected chi connectivity index (χ0v) is 15.3. The largest absolute Gasteiger partial charge is 0.416 e. The molecule has 0 aliphatic carbocycles. The fourth-order valence-corrected chi connectivity index (χ4v) is 5.43. The fourth-order valence-electron chi connectivity index (χ4n) is 2.39. The van der Waals surface area contributed by atoms with E-state index in [4.69, 9.17) is 4.42 Å². The smallest absolute Gasteiger partial charge is 0.277 e. The van der Waals surface area contributed by atoms with Crippen LogP contribution in [0.2, 0.25) is 0 Å². The molecule has 0 radical (unpaired) electrons. The Morgan fingerprint density at radius 1 is 1.46 bits per heavy atom. The first-order chi connectivity index (χ1) is 11.5. The van der Waals surface area contributed by atoms with Crippen LogP contribution >= 0.6 is 23.1 Å². The maximum Gasteiger partial charge on any atom is 0.277 e. The summed E-state index contributed by atoms with van der Waals surface area (Å²) in [7, 11) is -2.99. The lowest BCUT2D eigenvalue weighted by molar-refractivity contribution is -0.118. The predicted octanol–water partition coefficient (Wildman–Crippen LogP) is 1.48. The van der Waals surface area contributed by atoms with Crippen LogP contribution in [0.5, 0.6) is 0 Å². The van der Waals surface area contributed by atoms with Crippen LogP contribution in [0, 0.1) is 0 Å². The topological polar surface area (TPSA) is 102 Å². The fraction of sp³-hybridized carbons (Fsp3) is 0.500. The summed E-state index contributed by atoms with van der Waals surface area (Å²) in [6.07, 6.45) is 1.33. The number of carbonyl (C=O) groups excluding carboxylic acids is 1. The van der Waals surface area contributed by atoms with Crippen molar-refractivity contribution in [3.8, 4) is 0 Å². The van der Waals surface area contributed by atoms with Crippen molar-refractivity contribution in [1.82, 2.24) is 15.5 Å². The van der Waals surface area contributed by atoms with Crippen molar-refractivity contribution in [3.63, 3.8) is 0 Å².